The molecule has 1 heterocycles. The van der Waals surface area contributed by atoms with Gasteiger partial charge in [-0.15, -0.1) is 11.3 Å². The lowest BCUT2D eigenvalue weighted by molar-refractivity contribution is -0.0149. The highest BCUT2D eigenvalue weighted by Crippen LogP contribution is 2.21. The number of amides is 2. The summed E-state index contributed by atoms with van der Waals surface area (Å²) in [6.07, 6.45) is 0.869. The molecule has 0 spiro atoms. The lowest BCUT2D eigenvalue weighted by atomic mass is 10.1. The fourth-order valence-corrected chi connectivity index (χ4v) is 3.25. The smallest absolute Gasteiger partial charge is 0.315 e. The van der Waals surface area contributed by atoms with E-state index in [9.17, 15) is 4.79 Å². The Hall–Kier alpha value is -1.85. The second-order valence-corrected chi connectivity index (χ2v) is 8.00. The molecule has 136 valence electrons. The summed E-state index contributed by atoms with van der Waals surface area (Å²) in [5.41, 5.74) is 2.01. The van der Waals surface area contributed by atoms with Gasteiger partial charge in [-0.1, -0.05) is 37.3 Å². The molecule has 0 aliphatic carbocycles. The van der Waals surface area contributed by atoms with Crippen LogP contribution in [0.1, 0.15) is 56.2 Å². The quantitative estimate of drug-likeness (QED) is 0.729. The molecule has 2 aromatic rings. The zero-order valence-electron chi connectivity index (χ0n) is 15.5. The van der Waals surface area contributed by atoms with Crippen molar-refractivity contribution in [2.45, 2.75) is 58.9 Å². The molecule has 0 radical (unpaired) electrons. The zero-order valence-corrected chi connectivity index (χ0v) is 16.3. The van der Waals surface area contributed by atoms with Crippen LogP contribution in [0.4, 0.5) is 4.79 Å². The number of nitrogens with one attached hydrogen (secondary N) is 2. The molecule has 0 aliphatic heterocycles. The Morgan fingerprint density at radius 2 is 1.96 bits per heavy atom. The maximum atomic E-state index is 12.2. The highest BCUT2D eigenvalue weighted by molar-refractivity contribution is 7.10. The van der Waals surface area contributed by atoms with Crippen molar-refractivity contribution in [2.75, 3.05) is 0 Å². The first kappa shape index (κ1) is 19.5. The molecular formula is C20H28N2O2S. The lowest BCUT2D eigenvalue weighted by Gasteiger charge is -2.20. The first-order valence-electron chi connectivity index (χ1n) is 8.67. The van der Waals surface area contributed by atoms with Gasteiger partial charge in [0.25, 0.3) is 0 Å². The number of thiophene rings is 1. The van der Waals surface area contributed by atoms with Gasteiger partial charge in [-0.05, 0) is 49.8 Å². The number of hydrogen-bond acceptors (Lipinski definition) is 3. The highest BCUT2D eigenvalue weighted by Gasteiger charge is 2.13. The van der Waals surface area contributed by atoms with Crippen LogP contribution in [0.5, 0.6) is 0 Å². The van der Waals surface area contributed by atoms with Crippen molar-refractivity contribution in [3.8, 4) is 0 Å². The molecule has 2 amide bonds. The average Bonchev–Trinajstić information content (AvgIpc) is 3.10. The number of benzene rings is 1. The van der Waals surface area contributed by atoms with E-state index in [0.717, 1.165) is 17.5 Å². The van der Waals surface area contributed by atoms with E-state index in [1.165, 1.54) is 4.88 Å². The number of carbonyl (C=O) groups excluding carboxylic acids is 1. The number of ether oxygens (including phenoxy) is 1. The summed E-state index contributed by atoms with van der Waals surface area (Å²) >= 11 is 1.66. The third-order valence-electron chi connectivity index (χ3n) is 3.72. The minimum Gasteiger partial charge on any atom is -0.371 e. The van der Waals surface area contributed by atoms with E-state index in [1.807, 2.05) is 50.4 Å². The Morgan fingerprint density at radius 1 is 1.20 bits per heavy atom. The van der Waals surface area contributed by atoms with E-state index in [0.29, 0.717) is 13.2 Å². The van der Waals surface area contributed by atoms with Gasteiger partial charge in [0, 0.05) is 11.4 Å². The first-order valence-corrected chi connectivity index (χ1v) is 9.55. The van der Waals surface area contributed by atoms with E-state index in [2.05, 4.69) is 29.7 Å². The first-order chi connectivity index (χ1) is 11.9. The normalized spacial score (nSPS) is 12.6. The SMILES string of the molecule is CCC(NC(=O)NCc1cccc(COC(C)(C)C)c1)c1cccs1. The van der Waals surface area contributed by atoms with Gasteiger partial charge in [-0.25, -0.2) is 4.79 Å². The third kappa shape index (κ3) is 6.88. The van der Waals surface area contributed by atoms with Crippen LogP contribution in [0.25, 0.3) is 0 Å². The lowest BCUT2D eigenvalue weighted by Crippen LogP contribution is -2.37. The van der Waals surface area contributed by atoms with Crippen molar-refractivity contribution in [3.05, 3.63) is 57.8 Å². The number of carbonyl (C=O) groups is 1. The van der Waals surface area contributed by atoms with Crippen LogP contribution in [0.2, 0.25) is 0 Å². The fraction of sp³-hybridized carbons (Fsp3) is 0.450. The maximum absolute atomic E-state index is 12.2. The standard InChI is InChI=1S/C20H28N2O2S/c1-5-17(18-10-7-11-25-18)22-19(23)21-13-15-8-6-9-16(12-15)14-24-20(2,3)4/h6-12,17H,5,13-14H2,1-4H3,(H2,21,22,23). The number of urea groups is 1. The third-order valence-corrected chi connectivity index (χ3v) is 4.70. The molecule has 0 bridgehead atoms. The Labute approximate surface area is 154 Å². The van der Waals surface area contributed by atoms with E-state index in [-0.39, 0.29) is 17.7 Å². The van der Waals surface area contributed by atoms with E-state index in [1.54, 1.807) is 11.3 Å². The molecule has 2 N–H and O–H groups in total. The van der Waals surface area contributed by atoms with Crippen molar-refractivity contribution < 1.29 is 9.53 Å². The molecule has 25 heavy (non-hydrogen) atoms. The van der Waals surface area contributed by atoms with Gasteiger partial charge in [-0.3, -0.25) is 0 Å². The predicted molar refractivity (Wildman–Crippen MR) is 104 cm³/mol. The van der Waals surface area contributed by atoms with Crippen molar-refractivity contribution in [2.24, 2.45) is 0 Å². The molecule has 1 atom stereocenters. The number of rotatable bonds is 7. The summed E-state index contributed by atoms with van der Waals surface area (Å²) in [6, 6.07) is 12.1. The number of hydrogen-bond donors (Lipinski definition) is 2. The highest BCUT2D eigenvalue weighted by atomic mass is 32.1. The Morgan fingerprint density at radius 3 is 2.60 bits per heavy atom. The van der Waals surface area contributed by atoms with Gasteiger partial charge in [0.15, 0.2) is 0 Å². The van der Waals surface area contributed by atoms with Crippen molar-refractivity contribution in [1.29, 1.82) is 0 Å². The minimum absolute atomic E-state index is 0.0616. The zero-order chi connectivity index (χ0) is 18.3. The largest absolute Gasteiger partial charge is 0.371 e. The maximum Gasteiger partial charge on any atom is 0.315 e. The molecule has 0 saturated heterocycles. The summed E-state index contributed by atoms with van der Waals surface area (Å²) in [4.78, 5) is 13.4. The molecule has 1 unspecified atom stereocenters. The van der Waals surface area contributed by atoms with Crippen molar-refractivity contribution >= 4 is 17.4 Å². The molecule has 4 nitrogen and oxygen atoms in total. The predicted octanol–water partition coefficient (Wildman–Crippen LogP) is 5.01. The topological polar surface area (TPSA) is 50.4 Å². The second kappa shape index (κ2) is 9.02. The van der Waals surface area contributed by atoms with Crippen LogP contribution in [0, 0.1) is 0 Å². The molecule has 2 rings (SSSR count). The molecular weight excluding hydrogens is 332 g/mol. The summed E-state index contributed by atoms with van der Waals surface area (Å²) < 4.78 is 5.81. The van der Waals surface area contributed by atoms with Crippen molar-refractivity contribution in [1.82, 2.24) is 10.6 Å². The van der Waals surface area contributed by atoms with E-state index < -0.39 is 0 Å². The van der Waals surface area contributed by atoms with Crippen LogP contribution in [0.15, 0.2) is 41.8 Å². The summed E-state index contributed by atoms with van der Waals surface area (Å²) in [7, 11) is 0. The van der Waals surface area contributed by atoms with E-state index in [4.69, 9.17) is 4.74 Å². The van der Waals surface area contributed by atoms with E-state index >= 15 is 0 Å². The van der Waals surface area contributed by atoms with Crippen LogP contribution in [-0.4, -0.2) is 11.6 Å². The molecule has 0 aliphatic rings. The molecule has 1 aromatic carbocycles. The Kier molecular flexibility index (Phi) is 7.02. The molecule has 0 saturated carbocycles. The monoisotopic (exact) mass is 360 g/mol. The Bertz CT molecular complexity index is 663. The van der Waals surface area contributed by atoms with Gasteiger partial charge < -0.3 is 15.4 Å². The fourth-order valence-electron chi connectivity index (χ4n) is 2.38. The van der Waals surface area contributed by atoms with Gasteiger partial charge in [-0.2, -0.15) is 0 Å². The van der Waals surface area contributed by atoms with Crippen LogP contribution >= 0.6 is 11.3 Å². The van der Waals surface area contributed by atoms with Crippen LogP contribution in [0.3, 0.4) is 0 Å². The Balaban J connectivity index is 1.85. The summed E-state index contributed by atoms with van der Waals surface area (Å²) in [5, 5.41) is 8.00. The second-order valence-electron chi connectivity index (χ2n) is 7.02. The molecule has 0 fully saturated rings. The average molecular weight is 361 g/mol. The van der Waals surface area contributed by atoms with Gasteiger partial charge in [0.05, 0.1) is 18.2 Å². The van der Waals surface area contributed by atoms with Gasteiger partial charge >= 0.3 is 6.03 Å². The van der Waals surface area contributed by atoms with Crippen LogP contribution < -0.4 is 10.6 Å². The minimum atomic E-state index is -0.162. The molecule has 5 heteroatoms. The molecule has 1 aromatic heterocycles. The van der Waals surface area contributed by atoms with Crippen molar-refractivity contribution in [3.63, 3.8) is 0 Å². The van der Waals surface area contributed by atoms with Gasteiger partial charge in [0.1, 0.15) is 0 Å². The van der Waals surface area contributed by atoms with Gasteiger partial charge in [0.2, 0.25) is 0 Å². The summed E-state index contributed by atoms with van der Waals surface area (Å²) in [6.45, 7) is 9.26. The summed E-state index contributed by atoms with van der Waals surface area (Å²) in [5.74, 6) is 0. The van der Waals surface area contributed by atoms with Crippen LogP contribution in [-0.2, 0) is 17.9 Å².